The molecule has 27 heavy (non-hydrogen) atoms. The molecule has 1 aliphatic heterocycles. The second-order valence-electron chi connectivity index (χ2n) is 7.46. The summed E-state index contributed by atoms with van der Waals surface area (Å²) in [5.74, 6) is -0.00486. The summed E-state index contributed by atoms with van der Waals surface area (Å²) >= 11 is 0. The molecule has 2 aromatic rings. The fourth-order valence-electron chi connectivity index (χ4n) is 4.33. The van der Waals surface area contributed by atoms with Crippen LogP contribution in [0.1, 0.15) is 42.5 Å². The molecule has 2 aliphatic rings. The van der Waals surface area contributed by atoms with Gasteiger partial charge in [-0.25, -0.2) is 0 Å². The van der Waals surface area contributed by atoms with Gasteiger partial charge in [0.15, 0.2) is 0 Å². The Labute approximate surface area is 158 Å². The Bertz CT molecular complexity index is 896. The predicted molar refractivity (Wildman–Crippen MR) is 104 cm³/mol. The first kappa shape index (κ1) is 17.5. The van der Waals surface area contributed by atoms with Crippen molar-refractivity contribution in [3.05, 3.63) is 69.3 Å². The Morgan fingerprint density at radius 1 is 1.26 bits per heavy atom. The number of rotatable bonds is 4. The maximum Gasteiger partial charge on any atom is 0.269 e. The number of anilines is 1. The Morgan fingerprint density at radius 3 is 2.89 bits per heavy atom. The summed E-state index contributed by atoms with van der Waals surface area (Å²) in [5.41, 5.74) is 4.51. The number of nitrogens with zero attached hydrogens (tertiary/aromatic N) is 2. The monoisotopic (exact) mass is 365 g/mol. The number of carbonyl (C=O) groups excluding carboxylic acids is 1. The van der Waals surface area contributed by atoms with Gasteiger partial charge in [-0.15, -0.1) is 0 Å². The molecule has 4 rings (SSSR count). The lowest BCUT2D eigenvalue weighted by Crippen LogP contribution is -2.42. The van der Waals surface area contributed by atoms with Gasteiger partial charge >= 0.3 is 0 Å². The van der Waals surface area contributed by atoms with Crippen LogP contribution in [0.2, 0.25) is 0 Å². The maximum absolute atomic E-state index is 12.7. The highest BCUT2D eigenvalue weighted by Gasteiger charge is 2.30. The lowest BCUT2D eigenvalue weighted by Gasteiger charge is -2.29. The summed E-state index contributed by atoms with van der Waals surface area (Å²) in [5, 5.41) is 14.2. The Hall–Kier alpha value is -2.89. The van der Waals surface area contributed by atoms with E-state index in [1.165, 1.54) is 17.2 Å². The highest BCUT2D eigenvalue weighted by molar-refractivity contribution is 5.83. The van der Waals surface area contributed by atoms with Gasteiger partial charge in [0.05, 0.1) is 17.5 Å². The number of aryl methyl sites for hydroxylation is 1. The summed E-state index contributed by atoms with van der Waals surface area (Å²) in [6.45, 7) is 2.32. The van der Waals surface area contributed by atoms with Crippen molar-refractivity contribution in [2.24, 2.45) is 0 Å². The summed E-state index contributed by atoms with van der Waals surface area (Å²) in [7, 11) is 0. The molecule has 0 spiro atoms. The number of hydrogen-bond donors (Lipinski definition) is 1. The summed E-state index contributed by atoms with van der Waals surface area (Å²) < 4.78 is 0. The third-order valence-electron chi connectivity index (χ3n) is 5.65. The second-order valence-corrected chi connectivity index (χ2v) is 7.46. The fraction of sp³-hybridized carbons (Fsp3) is 0.381. The van der Waals surface area contributed by atoms with E-state index in [2.05, 4.69) is 24.4 Å². The zero-order valence-electron chi connectivity index (χ0n) is 15.4. The zero-order chi connectivity index (χ0) is 19.0. The minimum absolute atomic E-state index is 0.00486. The van der Waals surface area contributed by atoms with Gasteiger partial charge in [-0.3, -0.25) is 14.9 Å². The average Bonchev–Trinajstić information content (AvgIpc) is 2.96. The zero-order valence-corrected chi connectivity index (χ0v) is 15.4. The second kappa shape index (κ2) is 7.02. The molecule has 1 N–H and O–H groups in total. The van der Waals surface area contributed by atoms with E-state index in [1.54, 1.807) is 12.1 Å². The molecule has 2 atom stereocenters. The van der Waals surface area contributed by atoms with Crippen molar-refractivity contribution in [3.8, 4) is 0 Å². The standard InChI is InChI=1S/C21H23N3O3/c1-14-11-16-12-17(24(26)27)9-10-20(16)23(14)13-21(25)22-19-8-4-6-15-5-2-3-7-18(15)19/h2-3,5,7,9-10,12,14,19H,4,6,8,11,13H2,1H3,(H,22,25). The highest BCUT2D eigenvalue weighted by atomic mass is 16.6. The topological polar surface area (TPSA) is 75.5 Å². The molecule has 6 nitrogen and oxygen atoms in total. The van der Waals surface area contributed by atoms with E-state index in [4.69, 9.17) is 0 Å². The van der Waals surface area contributed by atoms with Crippen LogP contribution in [0.15, 0.2) is 42.5 Å². The van der Waals surface area contributed by atoms with E-state index >= 15 is 0 Å². The SMILES string of the molecule is CC1Cc2cc([N+](=O)[O-])ccc2N1CC(=O)NC1CCCc2ccccc21. The molecule has 0 bridgehead atoms. The largest absolute Gasteiger partial charge is 0.359 e. The average molecular weight is 365 g/mol. The number of hydrogen-bond acceptors (Lipinski definition) is 4. The lowest BCUT2D eigenvalue weighted by molar-refractivity contribution is -0.384. The smallest absolute Gasteiger partial charge is 0.269 e. The molecule has 1 aliphatic carbocycles. The van der Waals surface area contributed by atoms with Gasteiger partial charge in [0.25, 0.3) is 5.69 Å². The van der Waals surface area contributed by atoms with E-state index in [0.29, 0.717) is 0 Å². The number of nitro groups is 1. The van der Waals surface area contributed by atoms with Crippen LogP contribution in [0.25, 0.3) is 0 Å². The van der Waals surface area contributed by atoms with Crippen LogP contribution in [0.5, 0.6) is 0 Å². The van der Waals surface area contributed by atoms with Crippen molar-refractivity contribution in [3.63, 3.8) is 0 Å². The highest BCUT2D eigenvalue weighted by Crippen LogP contribution is 2.35. The van der Waals surface area contributed by atoms with Crippen LogP contribution in [0.4, 0.5) is 11.4 Å². The normalized spacial score (nSPS) is 20.7. The number of nitro benzene ring substituents is 1. The third-order valence-corrected chi connectivity index (χ3v) is 5.65. The van der Waals surface area contributed by atoms with Crippen molar-refractivity contribution in [1.29, 1.82) is 0 Å². The van der Waals surface area contributed by atoms with E-state index in [1.807, 2.05) is 17.0 Å². The minimum Gasteiger partial charge on any atom is -0.359 e. The van der Waals surface area contributed by atoms with Crippen molar-refractivity contribution < 1.29 is 9.72 Å². The van der Waals surface area contributed by atoms with Crippen LogP contribution in [0.3, 0.4) is 0 Å². The number of amides is 1. The van der Waals surface area contributed by atoms with Gasteiger partial charge in [0.1, 0.15) is 0 Å². The molecular weight excluding hydrogens is 342 g/mol. The van der Waals surface area contributed by atoms with Gasteiger partial charge in [0.2, 0.25) is 5.91 Å². The molecule has 6 heteroatoms. The van der Waals surface area contributed by atoms with Crippen molar-refractivity contribution in [1.82, 2.24) is 5.32 Å². The minimum atomic E-state index is -0.374. The summed E-state index contributed by atoms with van der Waals surface area (Å²) in [4.78, 5) is 25.4. The molecule has 2 aromatic carbocycles. The van der Waals surface area contributed by atoms with Gasteiger partial charge < -0.3 is 10.2 Å². The molecule has 0 saturated carbocycles. The molecular formula is C21H23N3O3. The first-order chi connectivity index (χ1) is 13.0. The molecule has 0 radical (unpaired) electrons. The quantitative estimate of drug-likeness (QED) is 0.664. The first-order valence-electron chi connectivity index (χ1n) is 9.44. The summed E-state index contributed by atoms with van der Waals surface area (Å²) in [6, 6.07) is 13.4. The van der Waals surface area contributed by atoms with Crippen LogP contribution in [0, 0.1) is 10.1 Å². The van der Waals surface area contributed by atoms with E-state index in [9.17, 15) is 14.9 Å². The van der Waals surface area contributed by atoms with Crippen LogP contribution < -0.4 is 10.2 Å². The van der Waals surface area contributed by atoms with Crippen molar-refractivity contribution in [2.45, 2.75) is 44.7 Å². The summed E-state index contributed by atoms with van der Waals surface area (Å²) in [6.07, 6.45) is 3.82. The van der Waals surface area contributed by atoms with Gasteiger partial charge in [0, 0.05) is 23.9 Å². The van der Waals surface area contributed by atoms with Crippen LogP contribution in [-0.2, 0) is 17.6 Å². The number of benzene rings is 2. The lowest BCUT2D eigenvalue weighted by atomic mass is 9.88. The van der Waals surface area contributed by atoms with Gasteiger partial charge in [-0.1, -0.05) is 24.3 Å². The molecule has 1 amide bonds. The van der Waals surface area contributed by atoms with Crippen molar-refractivity contribution >= 4 is 17.3 Å². The molecule has 0 saturated heterocycles. The van der Waals surface area contributed by atoms with E-state index in [0.717, 1.165) is 36.9 Å². The van der Waals surface area contributed by atoms with Crippen LogP contribution >= 0.6 is 0 Å². The number of carbonyl (C=O) groups is 1. The van der Waals surface area contributed by atoms with Gasteiger partial charge in [-0.05, 0) is 55.4 Å². The van der Waals surface area contributed by atoms with Gasteiger partial charge in [-0.2, -0.15) is 0 Å². The molecule has 2 unspecified atom stereocenters. The molecule has 1 heterocycles. The first-order valence-corrected chi connectivity index (χ1v) is 9.44. The fourth-order valence-corrected chi connectivity index (χ4v) is 4.33. The molecule has 0 aromatic heterocycles. The Kier molecular flexibility index (Phi) is 4.56. The Morgan fingerprint density at radius 2 is 2.07 bits per heavy atom. The third kappa shape index (κ3) is 3.39. The number of nitrogens with one attached hydrogen (secondary N) is 1. The predicted octanol–water partition coefficient (Wildman–Crippen LogP) is 3.54. The number of non-ortho nitro benzene ring substituents is 1. The van der Waals surface area contributed by atoms with Crippen LogP contribution in [-0.4, -0.2) is 23.4 Å². The van der Waals surface area contributed by atoms with E-state index < -0.39 is 0 Å². The maximum atomic E-state index is 12.7. The molecule has 0 fully saturated rings. The molecule has 140 valence electrons. The van der Waals surface area contributed by atoms with Crippen molar-refractivity contribution in [2.75, 3.05) is 11.4 Å². The number of fused-ring (bicyclic) bond motifs is 2. The Balaban J connectivity index is 1.48. The van der Waals surface area contributed by atoms with E-state index in [-0.39, 0.29) is 35.1 Å².